The maximum absolute atomic E-state index is 12.8. The highest BCUT2D eigenvalue weighted by molar-refractivity contribution is 7.94. The first-order valence-corrected chi connectivity index (χ1v) is 7.10. The third-order valence-corrected chi connectivity index (χ3v) is 4.23. The van der Waals surface area contributed by atoms with Crippen molar-refractivity contribution in [3.05, 3.63) is 23.8 Å². The van der Waals surface area contributed by atoms with E-state index in [1.165, 1.54) is 0 Å². The number of halogens is 3. The second-order valence-corrected chi connectivity index (χ2v) is 6.12. The maximum Gasteiger partial charge on any atom is 0.418 e. The van der Waals surface area contributed by atoms with Crippen LogP contribution in [0.15, 0.2) is 18.2 Å². The SMILES string of the molecule is COC(=O)C(C)S(=O)(=O)Nc1ccc(N)cc1C(F)(F)F. The Balaban J connectivity index is 3.23. The summed E-state index contributed by atoms with van der Waals surface area (Å²) in [5.41, 5.74) is 3.13. The van der Waals surface area contributed by atoms with Crippen molar-refractivity contribution in [3.8, 4) is 0 Å². The number of rotatable bonds is 4. The highest BCUT2D eigenvalue weighted by atomic mass is 32.2. The number of nitrogens with one attached hydrogen (secondary N) is 1. The second-order valence-electron chi connectivity index (χ2n) is 4.12. The number of benzene rings is 1. The predicted molar refractivity (Wildman–Crippen MR) is 69.9 cm³/mol. The van der Waals surface area contributed by atoms with Gasteiger partial charge in [-0.25, -0.2) is 8.42 Å². The van der Waals surface area contributed by atoms with Gasteiger partial charge in [0, 0.05) is 5.69 Å². The Morgan fingerprint density at radius 1 is 1.38 bits per heavy atom. The molecule has 0 aliphatic rings. The van der Waals surface area contributed by atoms with Crippen LogP contribution in [0.5, 0.6) is 0 Å². The molecule has 0 saturated heterocycles. The number of alkyl halides is 3. The van der Waals surface area contributed by atoms with E-state index < -0.39 is 38.7 Å². The highest BCUT2D eigenvalue weighted by Gasteiger charge is 2.36. The Morgan fingerprint density at radius 2 is 1.95 bits per heavy atom. The topological polar surface area (TPSA) is 98.5 Å². The molecule has 0 amide bonds. The molecular weight excluding hydrogens is 313 g/mol. The van der Waals surface area contributed by atoms with Gasteiger partial charge in [-0.3, -0.25) is 9.52 Å². The third kappa shape index (κ3) is 4.00. The summed E-state index contributed by atoms with van der Waals surface area (Å²) in [5, 5.41) is -1.67. The fourth-order valence-electron chi connectivity index (χ4n) is 1.42. The quantitative estimate of drug-likeness (QED) is 0.647. The summed E-state index contributed by atoms with van der Waals surface area (Å²) in [6.07, 6.45) is -4.80. The number of hydrogen-bond donors (Lipinski definition) is 2. The molecule has 10 heteroatoms. The molecule has 21 heavy (non-hydrogen) atoms. The van der Waals surface area contributed by atoms with Crippen molar-refractivity contribution in [2.24, 2.45) is 0 Å². The molecule has 0 aliphatic heterocycles. The Hall–Kier alpha value is -1.97. The number of sulfonamides is 1. The van der Waals surface area contributed by atoms with Gasteiger partial charge >= 0.3 is 12.1 Å². The minimum absolute atomic E-state index is 0.175. The normalized spacial score (nSPS) is 13.6. The first-order chi connectivity index (χ1) is 9.49. The van der Waals surface area contributed by atoms with Crippen molar-refractivity contribution >= 4 is 27.4 Å². The minimum atomic E-state index is -4.80. The van der Waals surface area contributed by atoms with Gasteiger partial charge in [0.25, 0.3) is 0 Å². The van der Waals surface area contributed by atoms with Crippen molar-refractivity contribution < 1.29 is 31.1 Å². The van der Waals surface area contributed by atoms with E-state index in [9.17, 15) is 26.4 Å². The number of hydrogen-bond acceptors (Lipinski definition) is 5. The van der Waals surface area contributed by atoms with E-state index in [2.05, 4.69) is 4.74 Å². The Kier molecular flexibility index (Phi) is 4.72. The number of esters is 1. The average molecular weight is 326 g/mol. The van der Waals surface area contributed by atoms with E-state index in [0.717, 1.165) is 26.2 Å². The summed E-state index contributed by atoms with van der Waals surface area (Å²) >= 11 is 0. The van der Waals surface area contributed by atoms with Crippen LogP contribution in [-0.4, -0.2) is 26.7 Å². The highest BCUT2D eigenvalue weighted by Crippen LogP contribution is 2.36. The number of carbonyl (C=O) groups is 1. The van der Waals surface area contributed by atoms with E-state index in [4.69, 9.17) is 5.73 Å². The molecule has 0 fully saturated rings. The van der Waals surface area contributed by atoms with Crippen LogP contribution < -0.4 is 10.5 Å². The molecule has 0 bridgehead atoms. The average Bonchev–Trinajstić information content (AvgIpc) is 2.37. The third-order valence-electron chi connectivity index (χ3n) is 2.60. The fraction of sp³-hybridized carbons (Fsp3) is 0.364. The lowest BCUT2D eigenvalue weighted by Crippen LogP contribution is -2.33. The van der Waals surface area contributed by atoms with Crippen LogP contribution in [0.3, 0.4) is 0 Å². The van der Waals surface area contributed by atoms with Gasteiger partial charge in [0.2, 0.25) is 10.0 Å². The minimum Gasteiger partial charge on any atom is -0.468 e. The molecule has 0 saturated carbocycles. The van der Waals surface area contributed by atoms with Gasteiger partial charge < -0.3 is 10.5 Å². The van der Waals surface area contributed by atoms with Gasteiger partial charge in [0.05, 0.1) is 18.4 Å². The van der Waals surface area contributed by atoms with Gasteiger partial charge in [-0.1, -0.05) is 0 Å². The second kappa shape index (κ2) is 5.80. The lowest BCUT2D eigenvalue weighted by Gasteiger charge is -2.17. The Bertz CT molecular complexity index is 643. The van der Waals surface area contributed by atoms with E-state index in [-0.39, 0.29) is 5.69 Å². The van der Waals surface area contributed by atoms with Crippen LogP contribution in [0.1, 0.15) is 12.5 Å². The van der Waals surface area contributed by atoms with Gasteiger partial charge in [-0.05, 0) is 25.1 Å². The van der Waals surface area contributed by atoms with Gasteiger partial charge in [-0.15, -0.1) is 0 Å². The summed E-state index contributed by atoms with van der Waals surface area (Å²) in [4.78, 5) is 11.2. The summed E-state index contributed by atoms with van der Waals surface area (Å²) in [6, 6.07) is 2.58. The van der Waals surface area contributed by atoms with Crippen LogP contribution in [0.2, 0.25) is 0 Å². The zero-order valence-electron chi connectivity index (χ0n) is 11.1. The number of anilines is 2. The van der Waals surface area contributed by atoms with Gasteiger partial charge in [0.1, 0.15) is 0 Å². The molecule has 1 unspecified atom stereocenters. The lowest BCUT2D eigenvalue weighted by molar-refractivity contribution is -0.139. The van der Waals surface area contributed by atoms with Crippen LogP contribution in [0.4, 0.5) is 24.5 Å². The number of nitrogens with two attached hydrogens (primary N) is 1. The van der Waals surface area contributed by atoms with E-state index in [0.29, 0.717) is 6.07 Å². The van der Waals surface area contributed by atoms with Crippen molar-refractivity contribution in [1.82, 2.24) is 0 Å². The molecule has 1 atom stereocenters. The molecule has 1 rings (SSSR count). The van der Waals surface area contributed by atoms with Crippen LogP contribution in [0.25, 0.3) is 0 Å². The molecular formula is C11H13F3N2O4S. The zero-order chi connectivity index (χ0) is 16.4. The molecule has 3 N–H and O–H groups in total. The molecule has 1 aromatic rings. The first kappa shape index (κ1) is 17.1. The summed E-state index contributed by atoms with van der Waals surface area (Å²) < 4.78 is 68.2. The van der Waals surface area contributed by atoms with Crippen molar-refractivity contribution in [3.63, 3.8) is 0 Å². The molecule has 0 radical (unpaired) electrons. The largest absolute Gasteiger partial charge is 0.468 e. The van der Waals surface area contributed by atoms with Crippen molar-refractivity contribution in [1.29, 1.82) is 0 Å². The standard InChI is InChI=1S/C11H13F3N2O4S/c1-6(10(17)20-2)21(18,19)16-9-4-3-7(15)5-8(9)11(12,13)14/h3-6,16H,15H2,1-2H3. The molecule has 1 aromatic carbocycles. The fourth-order valence-corrected chi connectivity index (χ4v) is 2.43. The van der Waals surface area contributed by atoms with Crippen molar-refractivity contribution in [2.45, 2.75) is 18.3 Å². The van der Waals surface area contributed by atoms with E-state index in [1.807, 2.05) is 0 Å². The Labute approximate surface area is 119 Å². The molecule has 0 aliphatic carbocycles. The monoisotopic (exact) mass is 326 g/mol. The lowest BCUT2D eigenvalue weighted by atomic mass is 10.1. The van der Waals surface area contributed by atoms with Gasteiger partial charge in [-0.2, -0.15) is 13.2 Å². The van der Waals surface area contributed by atoms with Gasteiger partial charge in [0.15, 0.2) is 5.25 Å². The van der Waals surface area contributed by atoms with Crippen molar-refractivity contribution in [2.75, 3.05) is 17.6 Å². The smallest absolute Gasteiger partial charge is 0.418 e. The maximum atomic E-state index is 12.8. The molecule has 0 spiro atoms. The molecule has 6 nitrogen and oxygen atoms in total. The zero-order valence-corrected chi connectivity index (χ0v) is 11.9. The van der Waals surface area contributed by atoms with E-state index >= 15 is 0 Å². The number of ether oxygens (including phenoxy) is 1. The molecule has 0 heterocycles. The van der Waals surface area contributed by atoms with Crippen LogP contribution in [-0.2, 0) is 25.7 Å². The summed E-state index contributed by atoms with van der Waals surface area (Å²) in [5.74, 6) is -1.09. The predicted octanol–water partition coefficient (Wildman–Crippen LogP) is 1.59. The Morgan fingerprint density at radius 3 is 2.43 bits per heavy atom. The van der Waals surface area contributed by atoms with E-state index in [1.54, 1.807) is 4.72 Å². The molecule has 118 valence electrons. The number of carbonyl (C=O) groups excluding carboxylic acids is 1. The van der Waals surface area contributed by atoms with Crippen LogP contribution >= 0.6 is 0 Å². The summed E-state index contributed by atoms with van der Waals surface area (Å²) in [7, 11) is -3.41. The number of nitrogen functional groups attached to an aromatic ring is 1. The number of methoxy groups -OCH3 is 1. The summed E-state index contributed by atoms with van der Waals surface area (Å²) in [6.45, 7) is 0.999. The van der Waals surface area contributed by atoms with Crippen LogP contribution in [0, 0.1) is 0 Å². The molecule has 0 aromatic heterocycles. The first-order valence-electron chi connectivity index (χ1n) is 5.55.